The first-order valence-corrected chi connectivity index (χ1v) is 8.54. The van der Waals surface area contributed by atoms with Crippen molar-refractivity contribution >= 4 is 10.0 Å². The molecule has 21 heavy (non-hydrogen) atoms. The molecule has 0 aliphatic carbocycles. The summed E-state index contributed by atoms with van der Waals surface area (Å²) < 4.78 is 52.8. The highest BCUT2D eigenvalue weighted by atomic mass is 32.2. The molecule has 0 saturated heterocycles. The van der Waals surface area contributed by atoms with Crippen LogP contribution in [-0.2, 0) is 15.8 Å². The van der Waals surface area contributed by atoms with Gasteiger partial charge in [-0.05, 0) is 18.1 Å². The largest absolute Gasteiger partial charge is 0.391 e. The predicted molar refractivity (Wildman–Crippen MR) is 77.1 cm³/mol. The SMILES string of the molecule is CCC(CC)C(O)CNS(=O)(=O)Cc1c(F)cccc1F. The topological polar surface area (TPSA) is 66.4 Å². The zero-order chi connectivity index (χ0) is 16.0. The van der Waals surface area contributed by atoms with Gasteiger partial charge in [-0.3, -0.25) is 0 Å². The Hall–Kier alpha value is -1.05. The molecule has 0 heterocycles. The van der Waals surface area contributed by atoms with E-state index in [2.05, 4.69) is 4.72 Å². The number of benzene rings is 1. The zero-order valence-corrected chi connectivity index (χ0v) is 13.0. The third-order valence-corrected chi connectivity index (χ3v) is 4.78. The predicted octanol–water partition coefficient (Wildman–Crippen LogP) is 2.18. The summed E-state index contributed by atoms with van der Waals surface area (Å²) in [5.74, 6) is -2.61. The molecule has 7 heteroatoms. The summed E-state index contributed by atoms with van der Waals surface area (Å²) in [6, 6.07) is 3.19. The molecule has 0 spiro atoms. The van der Waals surface area contributed by atoms with Crippen LogP contribution in [0.25, 0.3) is 0 Å². The molecule has 0 aliphatic heterocycles. The molecule has 4 nitrogen and oxygen atoms in total. The molecule has 0 amide bonds. The van der Waals surface area contributed by atoms with Gasteiger partial charge in [0.2, 0.25) is 10.0 Å². The first-order valence-electron chi connectivity index (χ1n) is 6.89. The lowest BCUT2D eigenvalue weighted by molar-refractivity contribution is 0.107. The van der Waals surface area contributed by atoms with Crippen LogP contribution >= 0.6 is 0 Å². The third-order valence-electron chi connectivity index (χ3n) is 3.50. The van der Waals surface area contributed by atoms with E-state index in [1.165, 1.54) is 6.07 Å². The van der Waals surface area contributed by atoms with Crippen LogP contribution < -0.4 is 4.72 Å². The van der Waals surface area contributed by atoms with Crippen molar-refractivity contribution in [1.29, 1.82) is 0 Å². The van der Waals surface area contributed by atoms with Crippen molar-refractivity contribution in [3.8, 4) is 0 Å². The fraction of sp³-hybridized carbons (Fsp3) is 0.571. The highest BCUT2D eigenvalue weighted by molar-refractivity contribution is 7.88. The van der Waals surface area contributed by atoms with Gasteiger partial charge in [0.1, 0.15) is 11.6 Å². The maximum absolute atomic E-state index is 13.4. The van der Waals surface area contributed by atoms with Crippen LogP contribution in [0.3, 0.4) is 0 Å². The van der Waals surface area contributed by atoms with Gasteiger partial charge in [0, 0.05) is 12.1 Å². The molecule has 1 aromatic rings. The van der Waals surface area contributed by atoms with Gasteiger partial charge < -0.3 is 5.11 Å². The van der Waals surface area contributed by atoms with Crippen LogP contribution in [0.4, 0.5) is 8.78 Å². The quantitative estimate of drug-likeness (QED) is 0.771. The van der Waals surface area contributed by atoms with Crippen molar-refractivity contribution in [3.05, 3.63) is 35.4 Å². The number of nitrogens with one attached hydrogen (secondary N) is 1. The van der Waals surface area contributed by atoms with Gasteiger partial charge in [-0.2, -0.15) is 0 Å². The van der Waals surface area contributed by atoms with E-state index < -0.39 is 39.1 Å². The molecule has 1 aromatic carbocycles. The van der Waals surface area contributed by atoms with Crippen molar-refractivity contribution in [2.24, 2.45) is 5.92 Å². The normalized spacial score (nSPS) is 13.6. The molecule has 1 atom stereocenters. The smallest absolute Gasteiger partial charge is 0.216 e. The Labute approximate surface area is 124 Å². The number of aliphatic hydroxyl groups excluding tert-OH is 1. The van der Waals surface area contributed by atoms with Gasteiger partial charge in [-0.15, -0.1) is 0 Å². The summed E-state index contributed by atoms with van der Waals surface area (Å²) in [4.78, 5) is 0. The molecule has 1 rings (SSSR count). The zero-order valence-electron chi connectivity index (χ0n) is 12.1. The molecule has 0 radical (unpaired) electrons. The number of hydrogen-bond donors (Lipinski definition) is 2. The van der Waals surface area contributed by atoms with Crippen molar-refractivity contribution < 1.29 is 22.3 Å². The maximum Gasteiger partial charge on any atom is 0.216 e. The van der Waals surface area contributed by atoms with E-state index in [4.69, 9.17) is 0 Å². The fourth-order valence-electron chi connectivity index (χ4n) is 2.12. The highest BCUT2D eigenvalue weighted by Gasteiger charge is 2.21. The molecule has 0 bridgehead atoms. The highest BCUT2D eigenvalue weighted by Crippen LogP contribution is 2.16. The second-order valence-electron chi connectivity index (χ2n) is 4.95. The first kappa shape index (κ1) is 18.0. The lowest BCUT2D eigenvalue weighted by Crippen LogP contribution is -2.36. The number of hydrogen-bond acceptors (Lipinski definition) is 3. The van der Waals surface area contributed by atoms with Crippen LogP contribution in [0.1, 0.15) is 32.3 Å². The minimum absolute atomic E-state index is 0.0158. The number of aliphatic hydroxyl groups is 1. The average Bonchev–Trinajstić information content (AvgIpc) is 2.42. The van der Waals surface area contributed by atoms with E-state index in [-0.39, 0.29) is 12.5 Å². The standard InChI is InChI=1S/C14H21F2NO3S/c1-3-10(4-2)14(18)8-17-21(19,20)9-11-12(15)6-5-7-13(11)16/h5-7,10,14,17-18H,3-4,8-9H2,1-2H3. The Bertz CT molecular complexity index is 539. The lowest BCUT2D eigenvalue weighted by Gasteiger charge is -2.20. The van der Waals surface area contributed by atoms with Gasteiger partial charge in [-0.1, -0.05) is 32.8 Å². The Balaban J connectivity index is 2.71. The molecule has 120 valence electrons. The van der Waals surface area contributed by atoms with E-state index in [1.807, 2.05) is 13.8 Å². The summed E-state index contributed by atoms with van der Waals surface area (Å²) in [7, 11) is -3.91. The van der Waals surface area contributed by atoms with Crippen LogP contribution in [0.15, 0.2) is 18.2 Å². The van der Waals surface area contributed by atoms with Crippen molar-refractivity contribution in [2.75, 3.05) is 6.54 Å². The van der Waals surface area contributed by atoms with Crippen molar-refractivity contribution in [3.63, 3.8) is 0 Å². The van der Waals surface area contributed by atoms with E-state index >= 15 is 0 Å². The van der Waals surface area contributed by atoms with Crippen molar-refractivity contribution in [1.82, 2.24) is 4.72 Å². The number of sulfonamides is 1. The van der Waals surface area contributed by atoms with Gasteiger partial charge in [0.25, 0.3) is 0 Å². The van der Waals surface area contributed by atoms with Gasteiger partial charge >= 0.3 is 0 Å². The van der Waals surface area contributed by atoms with Crippen LogP contribution in [0.5, 0.6) is 0 Å². The fourth-order valence-corrected chi connectivity index (χ4v) is 3.31. The minimum Gasteiger partial charge on any atom is -0.391 e. The number of rotatable bonds is 8. The Kier molecular flexibility index (Phi) is 6.70. The molecular formula is C14H21F2NO3S. The molecule has 0 saturated carbocycles. The lowest BCUT2D eigenvalue weighted by atomic mass is 9.97. The molecule has 0 aliphatic rings. The van der Waals surface area contributed by atoms with E-state index in [0.717, 1.165) is 25.0 Å². The van der Waals surface area contributed by atoms with E-state index in [0.29, 0.717) is 0 Å². The summed E-state index contributed by atoms with van der Waals surface area (Å²) in [6.45, 7) is 3.64. The summed E-state index contributed by atoms with van der Waals surface area (Å²) in [5, 5.41) is 9.87. The van der Waals surface area contributed by atoms with Crippen molar-refractivity contribution in [2.45, 2.75) is 38.5 Å². The second kappa shape index (κ2) is 7.82. The molecule has 0 aromatic heterocycles. The summed E-state index contributed by atoms with van der Waals surface area (Å²) in [5.41, 5.74) is -0.498. The van der Waals surface area contributed by atoms with Crippen LogP contribution in [0, 0.1) is 17.6 Å². The third kappa shape index (κ3) is 5.33. The molecule has 2 N–H and O–H groups in total. The van der Waals surface area contributed by atoms with E-state index in [9.17, 15) is 22.3 Å². The molecular weight excluding hydrogens is 300 g/mol. The Morgan fingerprint density at radius 3 is 2.19 bits per heavy atom. The minimum atomic E-state index is -3.91. The Morgan fingerprint density at radius 1 is 1.19 bits per heavy atom. The van der Waals surface area contributed by atoms with Crippen LogP contribution in [-0.4, -0.2) is 26.2 Å². The first-order chi connectivity index (χ1) is 9.80. The molecule has 1 unspecified atom stereocenters. The monoisotopic (exact) mass is 321 g/mol. The summed E-state index contributed by atoms with van der Waals surface area (Å²) in [6.07, 6.45) is 0.628. The van der Waals surface area contributed by atoms with Gasteiger partial charge in [0.05, 0.1) is 11.9 Å². The Morgan fingerprint density at radius 2 is 1.71 bits per heavy atom. The van der Waals surface area contributed by atoms with Gasteiger partial charge in [-0.25, -0.2) is 21.9 Å². The summed E-state index contributed by atoms with van der Waals surface area (Å²) >= 11 is 0. The maximum atomic E-state index is 13.4. The molecule has 0 fully saturated rings. The van der Waals surface area contributed by atoms with Gasteiger partial charge in [0.15, 0.2) is 0 Å². The average molecular weight is 321 g/mol. The number of halogens is 2. The van der Waals surface area contributed by atoms with Crippen LogP contribution in [0.2, 0.25) is 0 Å². The van der Waals surface area contributed by atoms with E-state index in [1.54, 1.807) is 0 Å². The second-order valence-corrected chi connectivity index (χ2v) is 6.76.